The lowest BCUT2D eigenvalue weighted by Gasteiger charge is -2.33. The Labute approximate surface area is 157 Å². The molecule has 1 fully saturated rings. The highest BCUT2D eigenvalue weighted by Crippen LogP contribution is 2.27. The van der Waals surface area contributed by atoms with E-state index in [1.54, 1.807) is 30.7 Å². The second-order valence-electron chi connectivity index (χ2n) is 6.24. The van der Waals surface area contributed by atoms with Crippen molar-refractivity contribution in [2.24, 2.45) is 5.92 Å². The average Bonchev–Trinajstić information content (AvgIpc) is 2.62. The molecule has 132 valence electrons. The van der Waals surface area contributed by atoms with Gasteiger partial charge in [0.25, 0.3) is 0 Å². The average molecular weight is 379 g/mol. The summed E-state index contributed by atoms with van der Waals surface area (Å²) in [5, 5.41) is 4.21. The molecule has 1 saturated heterocycles. The largest absolute Gasteiger partial charge is 0.355 e. The number of aromatic nitrogens is 2. The number of carbonyl (C=O) groups is 1. The fourth-order valence-corrected chi connectivity index (χ4v) is 3.69. The van der Waals surface area contributed by atoms with Crippen LogP contribution in [0.5, 0.6) is 0 Å². The fraction of sp³-hybridized carbons (Fsp3) is 0.389. The Morgan fingerprint density at radius 1 is 1.36 bits per heavy atom. The number of anilines is 1. The Morgan fingerprint density at radius 2 is 2.20 bits per heavy atom. The van der Waals surface area contributed by atoms with E-state index in [-0.39, 0.29) is 17.9 Å². The van der Waals surface area contributed by atoms with Gasteiger partial charge in [-0.1, -0.05) is 29.3 Å². The fourth-order valence-electron chi connectivity index (χ4n) is 3.12. The third kappa shape index (κ3) is 4.41. The molecule has 2 heterocycles. The molecule has 1 aliphatic rings. The summed E-state index contributed by atoms with van der Waals surface area (Å²) in [5.41, 5.74) is 0.862. The summed E-state index contributed by atoms with van der Waals surface area (Å²) < 4.78 is 0. The highest BCUT2D eigenvalue weighted by molar-refractivity contribution is 6.35. The number of nitrogens with zero attached hydrogens (tertiary/aromatic N) is 3. The van der Waals surface area contributed by atoms with Gasteiger partial charge in [-0.3, -0.25) is 9.78 Å². The van der Waals surface area contributed by atoms with E-state index in [0.717, 1.165) is 30.8 Å². The molecule has 1 aliphatic heterocycles. The molecule has 0 unspecified atom stereocenters. The van der Waals surface area contributed by atoms with Gasteiger partial charge in [0.15, 0.2) is 0 Å². The van der Waals surface area contributed by atoms with Gasteiger partial charge in [-0.05, 0) is 37.5 Å². The van der Waals surface area contributed by atoms with Crippen LogP contribution in [0.2, 0.25) is 10.0 Å². The standard InChI is InChI=1S/C18H20Cl2N4O/c1-12(15-5-4-14(19)9-16(15)20)23-18(25)13-3-2-8-24(11-13)17-10-21-6-7-22-17/h4-7,9-10,12-13H,2-3,8,11H2,1H3,(H,23,25)/t12-,13-/m1/s1. The maximum atomic E-state index is 12.7. The van der Waals surface area contributed by atoms with E-state index < -0.39 is 0 Å². The Balaban J connectivity index is 1.64. The number of piperidine rings is 1. The van der Waals surface area contributed by atoms with Gasteiger partial charge in [-0.2, -0.15) is 0 Å². The molecule has 1 N–H and O–H groups in total. The summed E-state index contributed by atoms with van der Waals surface area (Å²) in [4.78, 5) is 23.2. The first-order chi connectivity index (χ1) is 12.0. The normalized spacial score (nSPS) is 18.7. The summed E-state index contributed by atoms with van der Waals surface area (Å²) in [6.45, 7) is 3.46. The zero-order valence-electron chi connectivity index (χ0n) is 14.0. The molecule has 25 heavy (non-hydrogen) atoms. The van der Waals surface area contributed by atoms with E-state index in [1.807, 2.05) is 13.0 Å². The second kappa shape index (κ2) is 8.02. The maximum absolute atomic E-state index is 12.7. The first-order valence-electron chi connectivity index (χ1n) is 8.31. The van der Waals surface area contributed by atoms with Crippen molar-refractivity contribution in [2.45, 2.75) is 25.8 Å². The SMILES string of the molecule is C[C@@H](NC(=O)[C@@H]1CCCN(c2cnccn2)C1)c1ccc(Cl)cc1Cl. The van der Waals surface area contributed by atoms with E-state index in [9.17, 15) is 4.79 Å². The second-order valence-corrected chi connectivity index (χ2v) is 7.09. The molecule has 1 aromatic carbocycles. The van der Waals surface area contributed by atoms with Gasteiger partial charge in [-0.25, -0.2) is 4.98 Å². The Morgan fingerprint density at radius 3 is 2.92 bits per heavy atom. The number of hydrogen-bond acceptors (Lipinski definition) is 4. The molecule has 0 spiro atoms. The number of carbonyl (C=O) groups excluding carboxylic acids is 1. The quantitative estimate of drug-likeness (QED) is 0.876. The van der Waals surface area contributed by atoms with Gasteiger partial charge in [0.05, 0.1) is 18.2 Å². The predicted molar refractivity (Wildman–Crippen MR) is 100.0 cm³/mol. The number of rotatable bonds is 4. The summed E-state index contributed by atoms with van der Waals surface area (Å²) in [5.74, 6) is 0.769. The van der Waals surface area contributed by atoms with Crippen molar-refractivity contribution in [3.05, 3.63) is 52.4 Å². The molecule has 2 atom stereocenters. The van der Waals surface area contributed by atoms with Crippen LogP contribution in [0.3, 0.4) is 0 Å². The number of nitrogens with one attached hydrogen (secondary N) is 1. The lowest BCUT2D eigenvalue weighted by molar-refractivity contribution is -0.125. The van der Waals surface area contributed by atoms with Crippen LogP contribution in [0.25, 0.3) is 0 Å². The lowest BCUT2D eigenvalue weighted by Crippen LogP contribution is -2.44. The van der Waals surface area contributed by atoms with Gasteiger partial charge in [-0.15, -0.1) is 0 Å². The van der Waals surface area contributed by atoms with Crippen molar-refractivity contribution in [1.82, 2.24) is 15.3 Å². The van der Waals surface area contributed by atoms with Crippen LogP contribution in [0.4, 0.5) is 5.82 Å². The Hall–Kier alpha value is -1.85. The molecule has 1 amide bonds. The van der Waals surface area contributed by atoms with Crippen molar-refractivity contribution in [3.8, 4) is 0 Å². The smallest absolute Gasteiger partial charge is 0.225 e. The number of amides is 1. The van der Waals surface area contributed by atoms with Crippen molar-refractivity contribution in [3.63, 3.8) is 0 Å². The summed E-state index contributed by atoms with van der Waals surface area (Å²) in [7, 11) is 0. The minimum absolute atomic E-state index is 0.0344. The van der Waals surface area contributed by atoms with Crippen LogP contribution >= 0.6 is 23.2 Å². The molecule has 0 radical (unpaired) electrons. The van der Waals surface area contributed by atoms with E-state index in [0.29, 0.717) is 16.6 Å². The van der Waals surface area contributed by atoms with Crippen molar-refractivity contribution < 1.29 is 4.79 Å². The molecule has 0 saturated carbocycles. The van der Waals surface area contributed by atoms with Crippen LogP contribution in [-0.4, -0.2) is 29.0 Å². The molecule has 0 bridgehead atoms. The van der Waals surface area contributed by atoms with Gasteiger partial charge in [0.1, 0.15) is 5.82 Å². The monoisotopic (exact) mass is 378 g/mol. The van der Waals surface area contributed by atoms with Crippen LogP contribution in [-0.2, 0) is 4.79 Å². The third-order valence-electron chi connectivity index (χ3n) is 4.45. The predicted octanol–water partition coefficient (Wildman–Crippen LogP) is 3.88. The topological polar surface area (TPSA) is 58.1 Å². The molecular formula is C18H20Cl2N4O. The molecule has 5 nitrogen and oxygen atoms in total. The number of hydrogen-bond donors (Lipinski definition) is 1. The molecule has 3 rings (SSSR count). The number of halogens is 2. The van der Waals surface area contributed by atoms with Gasteiger partial charge in [0.2, 0.25) is 5.91 Å². The van der Waals surface area contributed by atoms with Gasteiger partial charge in [0, 0.05) is 35.5 Å². The van der Waals surface area contributed by atoms with E-state index >= 15 is 0 Å². The summed E-state index contributed by atoms with van der Waals surface area (Å²) >= 11 is 12.2. The van der Waals surface area contributed by atoms with Crippen LogP contribution in [0, 0.1) is 5.92 Å². The van der Waals surface area contributed by atoms with E-state index in [4.69, 9.17) is 23.2 Å². The Kier molecular flexibility index (Phi) is 5.76. The molecule has 2 aromatic rings. The van der Waals surface area contributed by atoms with Crippen molar-refractivity contribution in [1.29, 1.82) is 0 Å². The summed E-state index contributed by atoms with van der Waals surface area (Å²) in [6.07, 6.45) is 6.86. The highest BCUT2D eigenvalue weighted by atomic mass is 35.5. The first-order valence-corrected chi connectivity index (χ1v) is 9.06. The first kappa shape index (κ1) is 18.0. The zero-order valence-corrected chi connectivity index (χ0v) is 15.5. The number of benzene rings is 1. The third-order valence-corrected chi connectivity index (χ3v) is 5.02. The molecular weight excluding hydrogens is 359 g/mol. The maximum Gasteiger partial charge on any atom is 0.225 e. The van der Waals surface area contributed by atoms with Crippen molar-refractivity contribution >= 4 is 34.9 Å². The highest BCUT2D eigenvalue weighted by Gasteiger charge is 2.27. The van der Waals surface area contributed by atoms with E-state index in [2.05, 4.69) is 20.2 Å². The van der Waals surface area contributed by atoms with E-state index in [1.165, 1.54) is 0 Å². The lowest BCUT2D eigenvalue weighted by atomic mass is 9.96. The minimum atomic E-state index is -0.177. The Bertz CT molecular complexity index is 741. The van der Waals surface area contributed by atoms with Gasteiger partial charge >= 0.3 is 0 Å². The van der Waals surface area contributed by atoms with Crippen LogP contribution < -0.4 is 10.2 Å². The molecule has 0 aliphatic carbocycles. The zero-order chi connectivity index (χ0) is 17.8. The summed E-state index contributed by atoms with van der Waals surface area (Å²) in [6, 6.07) is 5.14. The minimum Gasteiger partial charge on any atom is -0.355 e. The molecule has 1 aromatic heterocycles. The van der Waals surface area contributed by atoms with Crippen LogP contribution in [0.15, 0.2) is 36.8 Å². The van der Waals surface area contributed by atoms with Crippen LogP contribution in [0.1, 0.15) is 31.4 Å². The molecule has 7 heteroatoms. The van der Waals surface area contributed by atoms with Gasteiger partial charge < -0.3 is 10.2 Å². The van der Waals surface area contributed by atoms with Crippen molar-refractivity contribution in [2.75, 3.05) is 18.0 Å².